The predicted octanol–water partition coefficient (Wildman–Crippen LogP) is 1.48. The molecule has 3 aromatic heterocycles. The number of nitrogens with zero attached hydrogens (tertiary/aromatic N) is 2. The molecule has 3 rings (SSSR count). The van der Waals surface area contributed by atoms with E-state index in [0.29, 0.717) is 5.65 Å². The summed E-state index contributed by atoms with van der Waals surface area (Å²) in [6.07, 6.45) is 3.36. The molecule has 0 aliphatic heterocycles. The Bertz CT molecular complexity index is 708. The van der Waals surface area contributed by atoms with Gasteiger partial charge in [-0.15, -0.1) is 0 Å². The van der Waals surface area contributed by atoms with Crippen LogP contribution in [0.5, 0.6) is 0 Å². The number of nitrogens with one attached hydrogen (secondary N) is 1. The quantitative estimate of drug-likeness (QED) is 0.596. The molecule has 3 heterocycles. The highest BCUT2D eigenvalue weighted by atomic mass is 16.1. The first-order valence-electron chi connectivity index (χ1n) is 4.72. The van der Waals surface area contributed by atoms with Crippen LogP contribution in [0.1, 0.15) is 5.56 Å². The van der Waals surface area contributed by atoms with Gasteiger partial charge in [-0.3, -0.25) is 0 Å². The van der Waals surface area contributed by atoms with Crippen molar-refractivity contribution in [2.24, 2.45) is 0 Å². The third kappa shape index (κ3) is 1.01. The van der Waals surface area contributed by atoms with Crippen molar-refractivity contribution < 1.29 is 0 Å². The van der Waals surface area contributed by atoms with Gasteiger partial charge in [0.15, 0.2) is 0 Å². The first-order valence-corrected chi connectivity index (χ1v) is 4.72. The van der Waals surface area contributed by atoms with Crippen LogP contribution in [0.2, 0.25) is 0 Å². The lowest BCUT2D eigenvalue weighted by atomic mass is 10.2. The summed E-state index contributed by atoms with van der Waals surface area (Å²) >= 11 is 0. The summed E-state index contributed by atoms with van der Waals surface area (Å²) in [7, 11) is 0. The molecule has 0 saturated carbocycles. The third-order valence-corrected chi connectivity index (χ3v) is 2.61. The Balaban J connectivity index is 2.71. The van der Waals surface area contributed by atoms with E-state index in [1.807, 2.05) is 25.1 Å². The highest BCUT2D eigenvalue weighted by Gasteiger charge is 2.06. The average Bonchev–Trinajstić information content (AvgIpc) is 2.59. The van der Waals surface area contributed by atoms with E-state index in [-0.39, 0.29) is 5.69 Å². The zero-order valence-electron chi connectivity index (χ0n) is 8.19. The van der Waals surface area contributed by atoms with E-state index in [1.54, 1.807) is 16.8 Å². The SMILES string of the molecule is Cc1ccnc2c1cc1cc[nH]c(=O)n12. The lowest BCUT2D eigenvalue weighted by molar-refractivity contribution is 1.02. The topological polar surface area (TPSA) is 50.2 Å². The van der Waals surface area contributed by atoms with Crippen molar-refractivity contribution in [3.05, 3.63) is 46.6 Å². The third-order valence-electron chi connectivity index (χ3n) is 2.61. The molecule has 0 aromatic carbocycles. The minimum absolute atomic E-state index is 0.152. The number of H-pyrrole nitrogens is 1. The largest absolute Gasteiger partial charge is 0.331 e. The lowest BCUT2D eigenvalue weighted by Gasteiger charge is -1.95. The van der Waals surface area contributed by atoms with Gasteiger partial charge in [-0.25, -0.2) is 14.2 Å². The molecule has 0 fully saturated rings. The second kappa shape index (κ2) is 2.70. The van der Waals surface area contributed by atoms with E-state index in [4.69, 9.17) is 0 Å². The van der Waals surface area contributed by atoms with E-state index < -0.39 is 0 Å². The van der Waals surface area contributed by atoms with Crippen molar-refractivity contribution in [3.8, 4) is 0 Å². The fraction of sp³-hybridized carbons (Fsp3) is 0.0909. The number of aromatic amines is 1. The van der Waals surface area contributed by atoms with Crippen molar-refractivity contribution in [1.29, 1.82) is 0 Å². The Labute approximate surface area is 85.2 Å². The molecule has 3 aromatic rings. The lowest BCUT2D eigenvalue weighted by Crippen LogP contribution is -2.14. The van der Waals surface area contributed by atoms with Crippen molar-refractivity contribution >= 4 is 16.6 Å². The molecule has 74 valence electrons. The second-order valence-corrected chi connectivity index (χ2v) is 3.55. The van der Waals surface area contributed by atoms with Gasteiger partial charge in [-0.05, 0) is 30.7 Å². The van der Waals surface area contributed by atoms with Gasteiger partial charge in [0.2, 0.25) is 0 Å². The van der Waals surface area contributed by atoms with E-state index in [0.717, 1.165) is 16.5 Å². The molecule has 0 saturated heterocycles. The van der Waals surface area contributed by atoms with Gasteiger partial charge in [0, 0.05) is 17.8 Å². The van der Waals surface area contributed by atoms with Gasteiger partial charge in [-0.1, -0.05) is 0 Å². The molecule has 4 nitrogen and oxygen atoms in total. The summed E-state index contributed by atoms with van der Waals surface area (Å²) in [6.45, 7) is 2.01. The highest BCUT2D eigenvalue weighted by molar-refractivity contribution is 5.86. The van der Waals surface area contributed by atoms with Gasteiger partial charge in [-0.2, -0.15) is 0 Å². The van der Waals surface area contributed by atoms with E-state index in [2.05, 4.69) is 9.97 Å². The van der Waals surface area contributed by atoms with Gasteiger partial charge in [0.05, 0.1) is 5.52 Å². The van der Waals surface area contributed by atoms with Crippen LogP contribution in [0.4, 0.5) is 0 Å². The molecule has 0 spiro atoms. The number of aromatic nitrogens is 3. The molecule has 1 N–H and O–H groups in total. The van der Waals surface area contributed by atoms with Crippen LogP contribution < -0.4 is 5.69 Å². The standard InChI is InChI=1S/C11H9N3O/c1-7-2-4-12-10-9(7)6-8-3-5-13-11(15)14(8)10/h2-6H,1H3,(H,13,15). The smallest absolute Gasteiger partial charge is 0.314 e. The zero-order chi connectivity index (χ0) is 10.4. The molecular weight excluding hydrogens is 190 g/mol. The van der Waals surface area contributed by atoms with Crippen LogP contribution >= 0.6 is 0 Å². The van der Waals surface area contributed by atoms with Crippen LogP contribution in [0.3, 0.4) is 0 Å². The fourth-order valence-electron chi connectivity index (χ4n) is 1.85. The van der Waals surface area contributed by atoms with Gasteiger partial charge in [0.25, 0.3) is 0 Å². The van der Waals surface area contributed by atoms with Crippen LogP contribution in [0.15, 0.2) is 35.4 Å². The van der Waals surface area contributed by atoms with Gasteiger partial charge in [0.1, 0.15) is 5.65 Å². The molecule has 15 heavy (non-hydrogen) atoms. The zero-order valence-corrected chi connectivity index (χ0v) is 8.19. The van der Waals surface area contributed by atoms with Crippen LogP contribution in [-0.4, -0.2) is 14.4 Å². The van der Waals surface area contributed by atoms with Crippen molar-refractivity contribution in [3.63, 3.8) is 0 Å². The van der Waals surface area contributed by atoms with E-state index in [9.17, 15) is 4.79 Å². The number of rotatable bonds is 0. The van der Waals surface area contributed by atoms with Crippen LogP contribution in [-0.2, 0) is 0 Å². The Morgan fingerprint density at radius 2 is 2.27 bits per heavy atom. The number of fused-ring (bicyclic) bond motifs is 3. The maximum atomic E-state index is 11.6. The number of hydrogen-bond acceptors (Lipinski definition) is 2. The van der Waals surface area contributed by atoms with Gasteiger partial charge >= 0.3 is 5.69 Å². The molecular formula is C11H9N3O. The Morgan fingerprint density at radius 3 is 3.13 bits per heavy atom. The Kier molecular flexibility index (Phi) is 1.48. The van der Waals surface area contributed by atoms with Crippen LogP contribution in [0.25, 0.3) is 16.6 Å². The molecule has 0 bridgehead atoms. The van der Waals surface area contributed by atoms with E-state index in [1.165, 1.54) is 0 Å². The number of hydrogen-bond donors (Lipinski definition) is 1. The molecule has 0 aliphatic carbocycles. The summed E-state index contributed by atoms with van der Waals surface area (Å²) in [5.41, 5.74) is 2.56. The molecule has 4 heteroatoms. The molecule has 0 amide bonds. The summed E-state index contributed by atoms with van der Waals surface area (Å²) in [5, 5.41) is 1.02. The number of pyridine rings is 1. The summed E-state index contributed by atoms with van der Waals surface area (Å²) in [5.74, 6) is 0. The Hall–Kier alpha value is -2.10. The minimum Gasteiger partial charge on any atom is -0.314 e. The average molecular weight is 199 g/mol. The highest BCUT2D eigenvalue weighted by Crippen LogP contribution is 2.18. The monoisotopic (exact) mass is 199 g/mol. The summed E-state index contributed by atoms with van der Waals surface area (Å²) < 4.78 is 1.59. The first kappa shape index (κ1) is 8.23. The second-order valence-electron chi connectivity index (χ2n) is 3.55. The summed E-state index contributed by atoms with van der Waals surface area (Å²) in [4.78, 5) is 18.5. The summed E-state index contributed by atoms with van der Waals surface area (Å²) in [6, 6.07) is 5.78. The fourth-order valence-corrected chi connectivity index (χ4v) is 1.85. The molecule has 0 unspecified atom stereocenters. The molecule has 0 aliphatic rings. The maximum absolute atomic E-state index is 11.6. The maximum Gasteiger partial charge on any atom is 0.331 e. The van der Waals surface area contributed by atoms with E-state index >= 15 is 0 Å². The predicted molar refractivity (Wildman–Crippen MR) is 58.1 cm³/mol. The van der Waals surface area contributed by atoms with Crippen molar-refractivity contribution in [2.45, 2.75) is 6.92 Å². The van der Waals surface area contributed by atoms with Crippen molar-refractivity contribution in [1.82, 2.24) is 14.4 Å². The normalized spacial score (nSPS) is 11.3. The van der Waals surface area contributed by atoms with Gasteiger partial charge < -0.3 is 4.98 Å². The van der Waals surface area contributed by atoms with Crippen molar-refractivity contribution in [2.75, 3.05) is 0 Å². The molecule has 0 radical (unpaired) electrons. The number of aryl methyl sites for hydroxylation is 1. The Morgan fingerprint density at radius 1 is 1.40 bits per heavy atom. The van der Waals surface area contributed by atoms with Crippen LogP contribution in [0, 0.1) is 6.92 Å². The molecule has 0 atom stereocenters. The minimum atomic E-state index is -0.152. The first-order chi connectivity index (χ1) is 7.27.